The van der Waals surface area contributed by atoms with Gasteiger partial charge in [0.1, 0.15) is 0 Å². The van der Waals surface area contributed by atoms with E-state index in [0.717, 1.165) is 54.6 Å². The third-order valence-corrected chi connectivity index (χ3v) is 5.65. The van der Waals surface area contributed by atoms with Crippen LogP contribution in [0.3, 0.4) is 0 Å². The predicted molar refractivity (Wildman–Crippen MR) is 111 cm³/mol. The van der Waals surface area contributed by atoms with Crippen molar-refractivity contribution in [3.05, 3.63) is 63.6 Å². The molecule has 2 aromatic carbocycles. The number of aryl methyl sites for hydroxylation is 2. The summed E-state index contributed by atoms with van der Waals surface area (Å²) in [4.78, 5) is 15.3. The van der Waals surface area contributed by atoms with Crippen LogP contribution in [0.2, 0.25) is 0 Å². The van der Waals surface area contributed by atoms with Crippen molar-refractivity contribution in [2.75, 3.05) is 18.4 Å². The zero-order valence-corrected chi connectivity index (χ0v) is 17.2. The Labute approximate surface area is 164 Å². The molecule has 1 aliphatic heterocycles. The largest absolute Gasteiger partial charge is 0.325 e. The molecule has 0 aliphatic carbocycles. The van der Waals surface area contributed by atoms with E-state index in [2.05, 4.69) is 76.4 Å². The molecule has 3 nitrogen and oxygen atoms in total. The summed E-state index contributed by atoms with van der Waals surface area (Å²) in [7, 11) is 0. The standard InChI is InChI=1S/C22H27BrN2O/c1-3-18-9-4-7-16(2)21(18)24-22(26)19-10-6-12-25(15-19)14-17-8-5-11-20(23)13-17/h4-5,7-9,11,13,19H,3,6,10,12,14-15H2,1-2H3,(H,24,26). The summed E-state index contributed by atoms with van der Waals surface area (Å²) in [6, 6.07) is 14.6. The van der Waals surface area contributed by atoms with Gasteiger partial charge in [-0.1, -0.05) is 53.2 Å². The molecule has 0 radical (unpaired) electrons. The topological polar surface area (TPSA) is 32.3 Å². The number of amides is 1. The van der Waals surface area contributed by atoms with E-state index >= 15 is 0 Å². The van der Waals surface area contributed by atoms with Crippen molar-refractivity contribution in [3.8, 4) is 0 Å². The van der Waals surface area contributed by atoms with E-state index in [-0.39, 0.29) is 11.8 Å². The Morgan fingerprint density at radius 1 is 1.27 bits per heavy atom. The average Bonchev–Trinajstić information content (AvgIpc) is 2.63. The van der Waals surface area contributed by atoms with Crippen molar-refractivity contribution < 1.29 is 4.79 Å². The number of carbonyl (C=O) groups is 1. The molecule has 0 aromatic heterocycles. The van der Waals surface area contributed by atoms with Gasteiger partial charge in [0, 0.05) is 23.2 Å². The van der Waals surface area contributed by atoms with Crippen molar-refractivity contribution in [3.63, 3.8) is 0 Å². The fourth-order valence-corrected chi connectivity index (χ4v) is 4.18. The normalized spacial score (nSPS) is 17.9. The van der Waals surface area contributed by atoms with E-state index < -0.39 is 0 Å². The summed E-state index contributed by atoms with van der Waals surface area (Å²) in [6.07, 6.45) is 2.96. The van der Waals surface area contributed by atoms with Gasteiger partial charge < -0.3 is 5.32 Å². The van der Waals surface area contributed by atoms with E-state index in [1.54, 1.807) is 0 Å². The minimum atomic E-state index is 0.0558. The summed E-state index contributed by atoms with van der Waals surface area (Å²) in [6.45, 7) is 6.97. The van der Waals surface area contributed by atoms with Crippen LogP contribution in [-0.4, -0.2) is 23.9 Å². The van der Waals surface area contributed by atoms with Gasteiger partial charge >= 0.3 is 0 Å². The summed E-state index contributed by atoms with van der Waals surface area (Å²) in [5.41, 5.74) is 4.64. The number of para-hydroxylation sites is 1. The molecule has 0 bridgehead atoms. The molecule has 0 spiro atoms. The molecule has 1 fully saturated rings. The molecule has 1 heterocycles. The van der Waals surface area contributed by atoms with E-state index in [4.69, 9.17) is 0 Å². The second-order valence-electron chi connectivity index (χ2n) is 7.16. The van der Waals surface area contributed by atoms with Crippen molar-refractivity contribution in [1.29, 1.82) is 0 Å². The lowest BCUT2D eigenvalue weighted by atomic mass is 9.96. The minimum Gasteiger partial charge on any atom is -0.325 e. The highest BCUT2D eigenvalue weighted by atomic mass is 79.9. The van der Waals surface area contributed by atoms with Gasteiger partial charge in [-0.25, -0.2) is 0 Å². The molecule has 138 valence electrons. The third-order valence-electron chi connectivity index (χ3n) is 5.16. The van der Waals surface area contributed by atoms with E-state index in [0.29, 0.717) is 0 Å². The molecule has 1 N–H and O–H groups in total. The zero-order chi connectivity index (χ0) is 18.5. The van der Waals surface area contributed by atoms with Crippen LogP contribution in [0.1, 0.15) is 36.5 Å². The van der Waals surface area contributed by atoms with Gasteiger partial charge in [-0.3, -0.25) is 9.69 Å². The van der Waals surface area contributed by atoms with Crippen LogP contribution in [0.5, 0.6) is 0 Å². The monoisotopic (exact) mass is 414 g/mol. The first-order valence-corrected chi connectivity index (χ1v) is 10.2. The maximum atomic E-state index is 12.9. The Morgan fingerprint density at radius 3 is 2.85 bits per heavy atom. The lowest BCUT2D eigenvalue weighted by molar-refractivity contribution is -0.121. The molecule has 1 atom stereocenters. The molecule has 1 unspecified atom stereocenters. The van der Waals surface area contributed by atoms with Gasteiger partial charge in [-0.05, 0) is 61.6 Å². The minimum absolute atomic E-state index is 0.0558. The Hall–Kier alpha value is -1.65. The first-order valence-electron chi connectivity index (χ1n) is 9.43. The summed E-state index contributed by atoms with van der Waals surface area (Å²) < 4.78 is 1.10. The number of carbonyl (C=O) groups excluding carboxylic acids is 1. The highest BCUT2D eigenvalue weighted by molar-refractivity contribution is 9.10. The second-order valence-corrected chi connectivity index (χ2v) is 8.07. The zero-order valence-electron chi connectivity index (χ0n) is 15.6. The fraction of sp³-hybridized carbons (Fsp3) is 0.409. The maximum absolute atomic E-state index is 12.9. The summed E-state index contributed by atoms with van der Waals surface area (Å²) in [5.74, 6) is 0.216. The Kier molecular flexibility index (Phi) is 6.49. The molecule has 1 saturated heterocycles. The Morgan fingerprint density at radius 2 is 2.08 bits per heavy atom. The van der Waals surface area contributed by atoms with E-state index in [9.17, 15) is 4.79 Å². The highest BCUT2D eigenvalue weighted by Crippen LogP contribution is 2.25. The SMILES string of the molecule is CCc1cccc(C)c1NC(=O)C1CCCN(Cc2cccc(Br)c2)C1. The number of benzene rings is 2. The molecule has 3 rings (SSSR count). The smallest absolute Gasteiger partial charge is 0.228 e. The van der Waals surface area contributed by atoms with Crippen molar-refractivity contribution >= 4 is 27.5 Å². The molecule has 4 heteroatoms. The first kappa shape index (κ1) is 19.1. The van der Waals surface area contributed by atoms with Crippen LogP contribution in [0.15, 0.2) is 46.9 Å². The van der Waals surface area contributed by atoms with E-state index in [1.807, 2.05) is 6.07 Å². The van der Waals surface area contributed by atoms with Gasteiger partial charge in [0.25, 0.3) is 0 Å². The van der Waals surface area contributed by atoms with Crippen LogP contribution in [0, 0.1) is 12.8 Å². The van der Waals surface area contributed by atoms with Crippen LogP contribution < -0.4 is 5.32 Å². The molecule has 1 aliphatic rings. The van der Waals surface area contributed by atoms with E-state index in [1.165, 1.54) is 11.1 Å². The lowest BCUT2D eigenvalue weighted by Crippen LogP contribution is -2.40. The number of halogens is 1. The molecule has 1 amide bonds. The summed E-state index contributed by atoms with van der Waals surface area (Å²) >= 11 is 3.54. The quantitative estimate of drug-likeness (QED) is 0.731. The highest BCUT2D eigenvalue weighted by Gasteiger charge is 2.26. The van der Waals surface area contributed by atoms with Gasteiger partial charge in [-0.2, -0.15) is 0 Å². The van der Waals surface area contributed by atoms with Crippen LogP contribution >= 0.6 is 15.9 Å². The number of anilines is 1. The van der Waals surface area contributed by atoms with Crippen molar-refractivity contribution in [2.45, 2.75) is 39.7 Å². The summed E-state index contributed by atoms with van der Waals surface area (Å²) in [5, 5.41) is 3.22. The molecule has 0 saturated carbocycles. The molecule has 26 heavy (non-hydrogen) atoms. The van der Waals surface area contributed by atoms with Gasteiger partial charge in [0.2, 0.25) is 5.91 Å². The third kappa shape index (κ3) is 4.74. The number of rotatable bonds is 5. The average molecular weight is 415 g/mol. The molecular weight excluding hydrogens is 388 g/mol. The van der Waals surface area contributed by atoms with Gasteiger partial charge in [-0.15, -0.1) is 0 Å². The number of likely N-dealkylation sites (tertiary alicyclic amines) is 1. The van der Waals surface area contributed by atoms with Gasteiger partial charge in [0.15, 0.2) is 0 Å². The number of nitrogens with zero attached hydrogens (tertiary/aromatic N) is 1. The second kappa shape index (κ2) is 8.83. The van der Waals surface area contributed by atoms with Crippen molar-refractivity contribution in [1.82, 2.24) is 4.90 Å². The molecular formula is C22H27BrN2O. The Balaban J connectivity index is 1.65. The van der Waals surface area contributed by atoms with Crippen LogP contribution in [-0.2, 0) is 17.8 Å². The van der Waals surface area contributed by atoms with Crippen molar-refractivity contribution in [2.24, 2.45) is 5.92 Å². The number of piperidine rings is 1. The van der Waals surface area contributed by atoms with Crippen LogP contribution in [0.4, 0.5) is 5.69 Å². The van der Waals surface area contributed by atoms with Gasteiger partial charge in [0.05, 0.1) is 5.92 Å². The lowest BCUT2D eigenvalue weighted by Gasteiger charge is -2.32. The maximum Gasteiger partial charge on any atom is 0.228 e. The predicted octanol–water partition coefficient (Wildman–Crippen LogP) is 5.17. The Bertz CT molecular complexity index is 774. The number of hydrogen-bond donors (Lipinski definition) is 1. The number of nitrogens with one attached hydrogen (secondary N) is 1. The fourth-order valence-electron chi connectivity index (χ4n) is 3.73. The molecule has 2 aromatic rings. The van der Waals surface area contributed by atoms with Crippen LogP contribution in [0.25, 0.3) is 0 Å². The first-order chi connectivity index (χ1) is 12.6. The number of hydrogen-bond acceptors (Lipinski definition) is 2.